The maximum Gasteiger partial charge on any atom is 0.253 e. The van der Waals surface area contributed by atoms with Crippen LogP contribution in [-0.2, 0) is 14.8 Å². The second-order valence-electron chi connectivity index (χ2n) is 9.00. The van der Waals surface area contributed by atoms with Crippen LogP contribution in [0.3, 0.4) is 0 Å². The molecule has 1 heterocycles. The number of carbonyl (C=O) groups excluding carboxylic acids is 2. The van der Waals surface area contributed by atoms with Crippen LogP contribution in [0.15, 0.2) is 47.4 Å². The molecule has 0 bridgehead atoms. The van der Waals surface area contributed by atoms with E-state index in [-0.39, 0.29) is 23.3 Å². The fourth-order valence-electron chi connectivity index (χ4n) is 3.79. The Bertz CT molecular complexity index is 1130. The third-order valence-corrected chi connectivity index (χ3v) is 7.73. The van der Waals surface area contributed by atoms with E-state index in [0.29, 0.717) is 48.1 Å². The van der Waals surface area contributed by atoms with Crippen molar-refractivity contribution in [1.29, 1.82) is 0 Å². The number of amides is 2. The minimum absolute atomic E-state index is 0.0752. The van der Waals surface area contributed by atoms with Gasteiger partial charge in [-0.05, 0) is 55.5 Å². The molecule has 9 heteroatoms. The normalized spacial score (nSPS) is 14.6. The van der Waals surface area contributed by atoms with Crippen molar-refractivity contribution in [2.75, 3.05) is 36.8 Å². The summed E-state index contributed by atoms with van der Waals surface area (Å²) in [5.74, 6) is -0.276. The van der Waals surface area contributed by atoms with E-state index >= 15 is 0 Å². The van der Waals surface area contributed by atoms with Crippen molar-refractivity contribution in [1.82, 2.24) is 9.62 Å². The van der Waals surface area contributed by atoms with E-state index in [2.05, 4.69) is 16.0 Å². The van der Waals surface area contributed by atoms with E-state index in [0.717, 1.165) is 19.3 Å². The lowest BCUT2D eigenvalue weighted by Gasteiger charge is -2.26. The van der Waals surface area contributed by atoms with Gasteiger partial charge in [-0.1, -0.05) is 38.5 Å². The number of anilines is 2. The topological polar surface area (TPSA) is 108 Å². The van der Waals surface area contributed by atoms with Crippen molar-refractivity contribution < 1.29 is 18.0 Å². The number of piperidine rings is 1. The lowest BCUT2D eigenvalue weighted by Crippen LogP contribution is -2.36. The van der Waals surface area contributed by atoms with Crippen LogP contribution in [0.5, 0.6) is 0 Å². The molecule has 8 nitrogen and oxygen atoms in total. The number of hydrogen-bond acceptors (Lipinski definition) is 5. The predicted octanol–water partition coefficient (Wildman–Crippen LogP) is 3.61. The van der Waals surface area contributed by atoms with Crippen LogP contribution in [0.1, 0.15) is 49.0 Å². The third-order valence-electron chi connectivity index (χ3n) is 5.69. The van der Waals surface area contributed by atoms with E-state index in [1.54, 1.807) is 49.4 Å². The average molecular weight is 487 g/mol. The minimum Gasteiger partial charge on any atom is -0.376 e. The Morgan fingerprint density at radius 3 is 2.44 bits per heavy atom. The van der Waals surface area contributed by atoms with Crippen molar-refractivity contribution in [3.63, 3.8) is 0 Å². The van der Waals surface area contributed by atoms with Crippen molar-refractivity contribution in [3.8, 4) is 0 Å². The highest BCUT2D eigenvalue weighted by atomic mass is 32.2. The number of nitrogens with zero attached hydrogens (tertiary/aromatic N) is 1. The van der Waals surface area contributed by atoms with Gasteiger partial charge in [0.15, 0.2) is 0 Å². The number of benzene rings is 2. The molecule has 2 aromatic carbocycles. The van der Waals surface area contributed by atoms with Crippen LogP contribution >= 0.6 is 0 Å². The van der Waals surface area contributed by atoms with Gasteiger partial charge in [-0.3, -0.25) is 9.59 Å². The molecular weight excluding hydrogens is 452 g/mol. The Balaban J connectivity index is 1.66. The predicted molar refractivity (Wildman–Crippen MR) is 135 cm³/mol. The zero-order chi connectivity index (χ0) is 24.7. The monoisotopic (exact) mass is 486 g/mol. The van der Waals surface area contributed by atoms with Crippen LogP contribution in [0.25, 0.3) is 0 Å². The summed E-state index contributed by atoms with van der Waals surface area (Å²) in [6, 6.07) is 11.9. The molecule has 0 atom stereocenters. The van der Waals surface area contributed by atoms with Crippen molar-refractivity contribution in [3.05, 3.63) is 53.6 Å². The van der Waals surface area contributed by atoms with E-state index in [9.17, 15) is 18.0 Å². The van der Waals surface area contributed by atoms with E-state index in [1.807, 2.05) is 13.8 Å². The smallest absolute Gasteiger partial charge is 0.253 e. The van der Waals surface area contributed by atoms with Gasteiger partial charge in [0.2, 0.25) is 15.9 Å². The summed E-state index contributed by atoms with van der Waals surface area (Å²) in [4.78, 5) is 25.3. The molecule has 1 fully saturated rings. The number of aryl methyl sites for hydroxylation is 1. The summed E-state index contributed by atoms with van der Waals surface area (Å²) in [5, 5.41) is 8.62. The molecule has 0 saturated carbocycles. The highest BCUT2D eigenvalue weighted by molar-refractivity contribution is 7.89. The highest BCUT2D eigenvalue weighted by Crippen LogP contribution is 2.26. The molecule has 3 rings (SSSR count). The van der Waals surface area contributed by atoms with Gasteiger partial charge in [-0.25, -0.2) is 8.42 Å². The standard InChI is InChI=1S/C25H34N4O4S/c1-18(2)16-27-25(31)21-9-5-6-10-22(21)28-24(30)17-26-20-12-11-19(3)23(15-20)34(32,33)29-13-7-4-8-14-29/h5-6,9-12,15,18,26H,4,7-8,13-14,16-17H2,1-3H3,(H,27,31)(H,28,30). The molecule has 3 N–H and O–H groups in total. The molecule has 1 aliphatic heterocycles. The van der Waals surface area contributed by atoms with Crippen LogP contribution in [0.2, 0.25) is 0 Å². The highest BCUT2D eigenvalue weighted by Gasteiger charge is 2.27. The first kappa shape index (κ1) is 25.7. The van der Waals surface area contributed by atoms with Gasteiger partial charge in [-0.15, -0.1) is 0 Å². The summed E-state index contributed by atoms with van der Waals surface area (Å²) in [5.41, 5.74) is 2.02. The Kier molecular flexibility index (Phi) is 8.68. The molecule has 0 radical (unpaired) electrons. The summed E-state index contributed by atoms with van der Waals surface area (Å²) in [6.45, 7) is 7.32. The summed E-state index contributed by atoms with van der Waals surface area (Å²) < 4.78 is 27.8. The van der Waals surface area contributed by atoms with E-state index < -0.39 is 10.0 Å². The molecule has 0 unspecified atom stereocenters. The van der Waals surface area contributed by atoms with Crippen LogP contribution in [0, 0.1) is 12.8 Å². The van der Waals surface area contributed by atoms with Gasteiger partial charge in [0.1, 0.15) is 0 Å². The fourth-order valence-corrected chi connectivity index (χ4v) is 5.56. The first-order chi connectivity index (χ1) is 16.2. The average Bonchev–Trinajstić information content (AvgIpc) is 2.82. The molecule has 0 aliphatic carbocycles. The SMILES string of the molecule is Cc1ccc(NCC(=O)Nc2ccccc2C(=O)NCC(C)C)cc1S(=O)(=O)N1CCCCC1. The fraction of sp³-hybridized carbons (Fsp3) is 0.440. The zero-order valence-corrected chi connectivity index (χ0v) is 20.9. The Morgan fingerprint density at radius 1 is 1.03 bits per heavy atom. The lowest BCUT2D eigenvalue weighted by molar-refractivity contribution is -0.114. The maximum atomic E-state index is 13.1. The molecule has 0 aromatic heterocycles. The number of carbonyl (C=O) groups is 2. The van der Waals surface area contributed by atoms with Crippen LogP contribution < -0.4 is 16.0 Å². The number of sulfonamides is 1. The second kappa shape index (κ2) is 11.5. The Hall–Kier alpha value is -2.91. The van der Waals surface area contributed by atoms with Gasteiger partial charge in [0.05, 0.1) is 22.7 Å². The van der Waals surface area contributed by atoms with Gasteiger partial charge in [-0.2, -0.15) is 4.31 Å². The number of rotatable bonds is 9. The van der Waals surface area contributed by atoms with Crippen molar-refractivity contribution >= 4 is 33.2 Å². The molecule has 0 spiro atoms. The Morgan fingerprint density at radius 2 is 1.74 bits per heavy atom. The van der Waals surface area contributed by atoms with E-state index in [4.69, 9.17) is 0 Å². The summed E-state index contributed by atoms with van der Waals surface area (Å²) in [6.07, 6.45) is 2.78. The molecule has 184 valence electrons. The summed E-state index contributed by atoms with van der Waals surface area (Å²) >= 11 is 0. The molecule has 2 aromatic rings. The lowest BCUT2D eigenvalue weighted by atomic mass is 10.1. The van der Waals surface area contributed by atoms with E-state index in [1.165, 1.54) is 4.31 Å². The molecule has 1 aliphatic rings. The number of hydrogen-bond donors (Lipinski definition) is 3. The summed E-state index contributed by atoms with van der Waals surface area (Å²) in [7, 11) is -3.58. The Labute approximate surface area is 202 Å². The third kappa shape index (κ3) is 6.57. The molecule has 34 heavy (non-hydrogen) atoms. The molecular formula is C25H34N4O4S. The van der Waals surface area contributed by atoms with Crippen molar-refractivity contribution in [2.45, 2.75) is 44.9 Å². The van der Waals surface area contributed by atoms with Crippen LogP contribution in [0.4, 0.5) is 11.4 Å². The number of para-hydroxylation sites is 1. The second-order valence-corrected chi connectivity index (χ2v) is 10.9. The van der Waals surface area contributed by atoms with Gasteiger partial charge in [0.25, 0.3) is 5.91 Å². The minimum atomic E-state index is -3.58. The largest absolute Gasteiger partial charge is 0.376 e. The number of nitrogens with one attached hydrogen (secondary N) is 3. The maximum absolute atomic E-state index is 13.1. The molecule has 1 saturated heterocycles. The van der Waals surface area contributed by atoms with Gasteiger partial charge >= 0.3 is 0 Å². The van der Waals surface area contributed by atoms with Crippen molar-refractivity contribution in [2.24, 2.45) is 5.92 Å². The van der Waals surface area contributed by atoms with Gasteiger partial charge < -0.3 is 16.0 Å². The molecule has 2 amide bonds. The zero-order valence-electron chi connectivity index (χ0n) is 20.1. The van der Waals surface area contributed by atoms with Gasteiger partial charge in [0, 0.05) is 25.3 Å². The first-order valence-corrected chi connectivity index (χ1v) is 13.1. The quantitative estimate of drug-likeness (QED) is 0.502. The first-order valence-electron chi connectivity index (χ1n) is 11.7. The van der Waals surface area contributed by atoms with Crippen LogP contribution in [-0.4, -0.2) is 50.7 Å².